The Bertz CT molecular complexity index is 320. The monoisotopic (exact) mass is 224 g/mol. The molecule has 1 fully saturated rings. The summed E-state index contributed by atoms with van der Waals surface area (Å²) in [6.45, 7) is 4.73. The summed E-state index contributed by atoms with van der Waals surface area (Å²) in [5.74, 6) is 7.22. The van der Waals surface area contributed by atoms with E-state index in [9.17, 15) is 0 Å². The highest BCUT2D eigenvalue weighted by atomic mass is 16.5. The molecule has 1 saturated heterocycles. The summed E-state index contributed by atoms with van der Waals surface area (Å²) in [4.78, 5) is 4.37. The smallest absolute Gasteiger partial charge is 0.110 e. The molecule has 5 heteroatoms. The van der Waals surface area contributed by atoms with Gasteiger partial charge in [-0.2, -0.15) is 0 Å². The number of nitrogens with one attached hydrogen (secondary N) is 1. The van der Waals surface area contributed by atoms with E-state index in [1.807, 2.05) is 12.4 Å². The lowest BCUT2D eigenvalue weighted by Gasteiger charge is -2.21. The van der Waals surface area contributed by atoms with Gasteiger partial charge in [0.15, 0.2) is 0 Å². The van der Waals surface area contributed by atoms with E-state index in [1.54, 1.807) is 0 Å². The molecule has 0 aromatic carbocycles. The van der Waals surface area contributed by atoms with Gasteiger partial charge in [0.1, 0.15) is 5.82 Å². The van der Waals surface area contributed by atoms with Crippen LogP contribution in [0.25, 0.3) is 0 Å². The van der Waals surface area contributed by atoms with Gasteiger partial charge in [-0.1, -0.05) is 0 Å². The van der Waals surface area contributed by atoms with Gasteiger partial charge in [-0.3, -0.25) is 11.3 Å². The molecule has 0 radical (unpaired) electrons. The summed E-state index contributed by atoms with van der Waals surface area (Å²) < 4.78 is 7.55. The quantitative estimate of drug-likeness (QED) is 0.558. The minimum atomic E-state index is 0.259. The molecule has 0 bridgehead atoms. The van der Waals surface area contributed by atoms with Crippen molar-refractivity contribution in [2.24, 2.45) is 11.8 Å². The molecule has 3 N–H and O–H groups in total. The van der Waals surface area contributed by atoms with Crippen molar-refractivity contribution < 1.29 is 4.74 Å². The molecule has 16 heavy (non-hydrogen) atoms. The van der Waals surface area contributed by atoms with Crippen molar-refractivity contribution >= 4 is 0 Å². The molecule has 0 saturated carbocycles. The fourth-order valence-corrected chi connectivity index (χ4v) is 2.25. The number of hydrogen-bond acceptors (Lipinski definition) is 4. The second kappa shape index (κ2) is 5.43. The Morgan fingerprint density at radius 2 is 2.62 bits per heavy atom. The summed E-state index contributed by atoms with van der Waals surface area (Å²) in [7, 11) is 0. The Kier molecular flexibility index (Phi) is 3.93. The van der Waals surface area contributed by atoms with Crippen LogP contribution in [0, 0.1) is 5.92 Å². The molecule has 2 heterocycles. The maximum atomic E-state index is 5.62. The molecular formula is C11H20N4O. The fraction of sp³-hybridized carbons (Fsp3) is 0.727. The highest BCUT2D eigenvalue weighted by Crippen LogP contribution is 2.19. The third-order valence-corrected chi connectivity index (χ3v) is 3.29. The number of nitrogens with zero attached hydrogens (tertiary/aromatic N) is 2. The van der Waals surface area contributed by atoms with Crippen LogP contribution in [0.3, 0.4) is 0 Å². The Morgan fingerprint density at radius 3 is 3.25 bits per heavy atom. The molecule has 0 amide bonds. The Balaban J connectivity index is 2.00. The average molecular weight is 224 g/mol. The van der Waals surface area contributed by atoms with Crippen molar-refractivity contribution in [3.8, 4) is 0 Å². The zero-order valence-electron chi connectivity index (χ0n) is 9.72. The maximum Gasteiger partial charge on any atom is 0.110 e. The van der Waals surface area contributed by atoms with Gasteiger partial charge in [-0.05, 0) is 13.3 Å². The van der Waals surface area contributed by atoms with Gasteiger partial charge in [0, 0.05) is 43.9 Å². The van der Waals surface area contributed by atoms with Crippen LogP contribution in [0.1, 0.15) is 19.2 Å². The number of aromatic nitrogens is 2. The van der Waals surface area contributed by atoms with Gasteiger partial charge < -0.3 is 9.30 Å². The SMILES string of the molecule is CCn1ccnc1CC(NN)C1CCOC1. The minimum Gasteiger partial charge on any atom is -0.381 e. The summed E-state index contributed by atoms with van der Waals surface area (Å²) in [5.41, 5.74) is 2.90. The van der Waals surface area contributed by atoms with Crippen LogP contribution in [0.2, 0.25) is 0 Å². The van der Waals surface area contributed by atoms with Gasteiger partial charge in [-0.25, -0.2) is 4.98 Å². The third-order valence-electron chi connectivity index (χ3n) is 3.29. The molecule has 90 valence electrons. The van der Waals surface area contributed by atoms with E-state index in [4.69, 9.17) is 10.6 Å². The second-order valence-electron chi connectivity index (χ2n) is 4.23. The molecule has 0 spiro atoms. The normalized spacial score (nSPS) is 22.5. The van der Waals surface area contributed by atoms with E-state index < -0.39 is 0 Å². The van der Waals surface area contributed by atoms with Crippen LogP contribution in [-0.4, -0.2) is 28.8 Å². The van der Waals surface area contributed by atoms with Crippen molar-refractivity contribution in [2.45, 2.75) is 32.4 Å². The van der Waals surface area contributed by atoms with Crippen molar-refractivity contribution in [1.82, 2.24) is 15.0 Å². The predicted octanol–water partition coefficient (Wildman–Crippen LogP) is 0.314. The van der Waals surface area contributed by atoms with Crippen molar-refractivity contribution in [2.75, 3.05) is 13.2 Å². The van der Waals surface area contributed by atoms with Crippen LogP contribution < -0.4 is 11.3 Å². The second-order valence-corrected chi connectivity index (χ2v) is 4.23. The molecule has 5 nitrogen and oxygen atoms in total. The molecule has 1 aliphatic rings. The molecule has 2 atom stereocenters. The zero-order valence-corrected chi connectivity index (χ0v) is 9.72. The first-order valence-corrected chi connectivity index (χ1v) is 5.89. The standard InChI is InChI=1S/C11H20N4O/c1-2-15-5-4-13-11(15)7-10(14-12)9-3-6-16-8-9/h4-5,9-10,14H,2-3,6-8,12H2,1H3. The van der Waals surface area contributed by atoms with E-state index in [0.29, 0.717) is 5.92 Å². The number of rotatable bonds is 5. The van der Waals surface area contributed by atoms with Gasteiger partial charge in [-0.15, -0.1) is 0 Å². The van der Waals surface area contributed by atoms with Gasteiger partial charge in [0.25, 0.3) is 0 Å². The van der Waals surface area contributed by atoms with Crippen molar-refractivity contribution in [3.05, 3.63) is 18.2 Å². The predicted molar refractivity (Wildman–Crippen MR) is 61.6 cm³/mol. The summed E-state index contributed by atoms with van der Waals surface area (Å²) in [6.07, 6.45) is 5.80. The van der Waals surface area contributed by atoms with E-state index >= 15 is 0 Å². The number of imidazole rings is 1. The largest absolute Gasteiger partial charge is 0.381 e. The van der Waals surface area contributed by atoms with E-state index in [2.05, 4.69) is 21.9 Å². The summed E-state index contributed by atoms with van der Waals surface area (Å²) >= 11 is 0. The van der Waals surface area contributed by atoms with Crippen LogP contribution in [0.4, 0.5) is 0 Å². The van der Waals surface area contributed by atoms with E-state index in [-0.39, 0.29) is 6.04 Å². The van der Waals surface area contributed by atoms with Crippen molar-refractivity contribution in [1.29, 1.82) is 0 Å². The lowest BCUT2D eigenvalue weighted by Crippen LogP contribution is -2.43. The first kappa shape index (κ1) is 11.6. The highest BCUT2D eigenvalue weighted by Gasteiger charge is 2.26. The van der Waals surface area contributed by atoms with Gasteiger partial charge in [0.05, 0.1) is 6.61 Å². The zero-order chi connectivity index (χ0) is 11.4. The summed E-state index contributed by atoms with van der Waals surface area (Å²) in [5, 5.41) is 0. The van der Waals surface area contributed by atoms with E-state index in [1.165, 1.54) is 0 Å². The van der Waals surface area contributed by atoms with Crippen LogP contribution in [-0.2, 0) is 17.7 Å². The topological polar surface area (TPSA) is 65.1 Å². The number of hydrogen-bond donors (Lipinski definition) is 2. The Labute approximate surface area is 96.0 Å². The highest BCUT2D eigenvalue weighted by molar-refractivity contribution is 4.97. The fourth-order valence-electron chi connectivity index (χ4n) is 2.25. The maximum absolute atomic E-state index is 5.62. The van der Waals surface area contributed by atoms with Gasteiger partial charge >= 0.3 is 0 Å². The first-order valence-electron chi connectivity index (χ1n) is 5.89. The van der Waals surface area contributed by atoms with Crippen molar-refractivity contribution in [3.63, 3.8) is 0 Å². The molecule has 2 rings (SSSR count). The average Bonchev–Trinajstić information content (AvgIpc) is 2.96. The number of aryl methyl sites for hydroxylation is 1. The lowest BCUT2D eigenvalue weighted by molar-refractivity contribution is 0.176. The van der Waals surface area contributed by atoms with Crippen LogP contribution >= 0.6 is 0 Å². The number of nitrogens with two attached hydrogens (primary N) is 1. The third kappa shape index (κ3) is 2.42. The first-order chi connectivity index (χ1) is 7.85. The molecule has 1 aliphatic heterocycles. The molecule has 2 unspecified atom stereocenters. The lowest BCUT2D eigenvalue weighted by atomic mass is 9.96. The number of ether oxygens (including phenoxy) is 1. The molecular weight excluding hydrogens is 204 g/mol. The van der Waals surface area contributed by atoms with Crippen LogP contribution in [0.5, 0.6) is 0 Å². The van der Waals surface area contributed by atoms with Gasteiger partial charge in [0.2, 0.25) is 0 Å². The molecule has 1 aromatic heterocycles. The number of hydrazine groups is 1. The Morgan fingerprint density at radius 1 is 1.75 bits per heavy atom. The Hall–Kier alpha value is -0.910. The van der Waals surface area contributed by atoms with E-state index in [0.717, 1.165) is 38.4 Å². The minimum absolute atomic E-state index is 0.259. The molecule has 0 aliphatic carbocycles. The van der Waals surface area contributed by atoms with Crippen LogP contribution in [0.15, 0.2) is 12.4 Å². The summed E-state index contributed by atoms with van der Waals surface area (Å²) in [6, 6.07) is 0.259. The molecule has 1 aromatic rings.